The van der Waals surface area contributed by atoms with Gasteiger partial charge < -0.3 is 23.9 Å². The van der Waals surface area contributed by atoms with Gasteiger partial charge >= 0.3 is 15.2 Å². The van der Waals surface area contributed by atoms with Crippen LogP contribution in [0.25, 0.3) is 0 Å². The summed E-state index contributed by atoms with van der Waals surface area (Å²) in [6.45, 7) is 1.03. The average molecular weight is 282 g/mol. The van der Waals surface area contributed by atoms with E-state index in [1.54, 1.807) is 0 Å². The first-order chi connectivity index (χ1) is 7.57. The van der Waals surface area contributed by atoms with Gasteiger partial charge in [0.2, 0.25) is 0 Å². The van der Waals surface area contributed by atoms with E-state index in [1.165, 1.54) is 6.08 Å². The lowest BCUT2D eigenvalue weighted by atomic mass is 9.94. The van der Waals surface area contributed by atoms with Crippen LogP contribution in [0.1, 0.15) is 6.42 Å². The van der Waals surface area contributed by atoms with Crippen molar-refractivity contribution in [3.8, 4) is 0 Å². The van der Waals surface area contributed by atoms with Crippen molar-refractivity contribution >= 4 is 23.0 Å². The molecular formula is C7H13BO7P2. The number of rotatable bonds is 4. The summed E-state index contributed by atoms with van der Waals surface area (Å²) >= 11 is 0. The first kappa shape index (κ1) is 15.1. The summed E-state index contributed by atoms with van der Waals surface area (Å²) in [6.07, 6.45) is -0.0886. The monoisotopic (exact) mass is 282 g/mol. The van der Waals surface area contributed by atoms with E-state index in [4.69, 9.17) is 31.8 Å². The van der Waals surface area contributed by atoms with E-state index in [0.717, 1.165) is 6.66 Å². The molecule has 1 fully saturated rings. The van der Waals surface area contributed by atoms with E-state index < -0.39 is 33.4 Å². The minimum absolute atomic E-state index is 0.163. The summed E-state index contributed by atoms with van der Waals surface area (Å²) in [4.78, 5) is 26.3. The van der Waals surface area contributed by atoms with Gasteiger partial charge in [-0.25, -0.2) is 0 Å². The third-order valence-corrected chi connectivity index (χ3v) is 3.21. The topological polar surface area (TPSA) is 113 Å². The van der Waals surface area contributed by atoms with Gasteiger partial charge in [0.05, 0.1) is 12.2 Å². The number of hydrogen-bond donors (Lipinski definition) is 3. The smallest absolute Gasteiger partial charge is 0.348 e. The molecule has 3 N–H and O–H groups in total. The van der Waals surface area contributed by atoms with Gasteiger partial charge in [-0.1, -0.05) is 0 Å². The highest BCUT2D eigenvalue weighted by molar-refractivity contribution is 7.55. The van der Waals surface area contributed by atoms with Gasteiger partial charge in [-0.15, -0.1) is 0 Å². The summed E-state index contributed by atoms with van der Waals surface area (Å²) in [5, 5.41) is 0. The van der Waals surface area contributed by atoms with Gasteiger partial charge in [0.15, 0.2) is 0 Å². The lowest BCUT2D eigenvalue weighted by molar-refractivity contribution is 0.0821. The van der Waals surface area contributed by atoms with Crippen molar-refractivity contribution < 1.29 is 33.1 Å². The number of ether oxygens (including phenoxy) is 1. The molecule has 1 aliphatic rings. The van der Waals surface area contributed by atoms with Crippen LogP contribution in [0.4, 0.5) is 0 Å². The first-order valence-corrected chi connectivity index (χ1v) is 8.42. The van der Waals surface area contributed by atoms with Crippen molar-refractivity contribution in [2.24, 2.45) is 0 Å². The van der Waals surface area contributed by atoms with Crippen molar-refractivity contribution in [2.75, 3.05) is 6.66 Å². The minimum Gasteiger partial charge on any atom is -0.378 e. The predicted molar refractivity (Wildman–Crippen MR) is 60.8 cm³/mol. The Morgan fingerprint density at radius 3 is 2.47 bits per heavy atom. The molecule has 0 aliphatic carbocycles. The zero-order valence-corrected chi connectivity index (χ0v) is 10.8. The molecule has 1 saturated heterocycles. The van der Waals surface area contributed by atoms with Crippen molar-refractivity contribution in [2.45, 2.75) is 24.6 Å². The van der Waals surface area contributed by atoms with Crippen LogP contribution >= 0.6 is 15.2 Å². The van der Waals surface area contributed by atoms with E-state index in [-0.39, 0.29) is 6.42 Å². The molecule has 2 radical (unpaired) electrons. The molecule has 0 aromatic rings. The second kappa shape index (κ2) is 5.37. The van der Waals surface area contributed by atoms with Crippen LogP contribution in [0.15, 0.2) is 11.9 Å². The zero-order chi connectivity index (χ0) is 13.3. The molecule has 1 unspecified atom stereocenters. The first-order valence-electron chi connectivity index (χ1n) is 4.71. The highest BCUT2D eigenvalue weighted by Gasteiger charge is 2.34. The zero-order valence-electron chi connectivity index (χ0n) is 9.04. The van der Waals surface area contributed by atoms with E-state index >= 15 is 0 Å². The maximum atomic E-state index is 11.0. The molecule has 0 amide bonds. The molecule has 7 nitrogen and oxygen atoms in total. The van der Waals surface area contributed by atoms with E-state index in [1.807, 2.05) is 0 Å². The highest BCUT2D eigenvalue weighted by Crippen LogP contribution is 2.42. The summed E-state index contributed by atoms with van der Waals surface area (Å²) in [6, 6.07) is -0.901. The quantitative estimate of drug-likeness (QED) is 0.497. The van der Waals surface area contributed by atoms with E-state index in [2.05, 4.69) is 0 Å². The Bertz CT molecular complexity index is 386. The third kappa shape index (κ3) is 5.97. The molecule has 0 aromatic carbocycles. The normalized spacial score (nSPS) is 34.0. The second-order valence-electron chi connectivity index (χ2n) is 3.75. The molecular weight excluding hydrogens is 269 g/mol. The lowest BCUT2D eigenvalue weighted by Crippen LogP contribution is -2.23. The molecule has 17 heavy (non-hydrogen) atoms. The van der Waals surface area contributed by atoms with Gasteiger partial charge in [0, 0.05) is 24.9 Å². The standard InChI is InChI=1S/C7H13BO7P2/c1-16(9,10)15-6-4-5(14-7(6)8)2-3-17(11,12)13/h2-3,5-7H,4H2,1H3,(H,9,10)(H2,11,12,13)/b3-2+/t5-,6-,7-/m1/s1. The van der Waals surface area contributed by atoms with Crippen molar-refractivity contribution in [1.29, 1.82) is 0 Å². The summed E-state index contributed by atoms with van der Waals surface area (Å²) < 4.78 is 31.5. The van der Waals surface area contributed by atoms with Gasteiger partial charge in [-0.2, -0.15) is 0 Å². The molecule has 0 saturated carbocycles. The van der Waals surface area contributed by atoms with E-state index in [9.17, 15) is 9.13 Å². The van der Waals surface area contributed by atoms with Crippen LogP contribution in [0, 0.1) is 0 Å². The molecule has 10 heteroatoms. The molecule has 0 bridgehead atoms. The summed E-state index contributed by atoms with van der Waals surface area (Å²) in [7, 11) is -2.40. The Hall–Kier alpha value is 0.0649. The van der Waals surface area contributed by atoms with Crippen LogP contribution in [0.2, 0.25) is 0 Å². The Morgan fingerprint density at radius 2 is 2.00 bits per heavy atom. The second-order valence-corrected chi connectivity index (χ2v) is 7.05. The van der Waals surface area contributed by atoms with Gasteiger partial charge in [0.1, 0.15) is 7.85 Å². The molecule has 0 spiro atoms. The minimum atomic E-state index is -4.24. The maximum absolute atomic E-state index is 11.0. The van der Waals surface area contributed by atoms with Gasteiger partial charge in [0.25, 0.3) is 0 Å². The molecule has 96 valence electrons. The van der Waals surface area contributed by atoms with Crippen LogP contribution in [-0.2, 0) is 18.4 Å². The van der Waals surface area contributed by atoms with Crippen LogP contribution in [0.5, 0.6) is 0 Å². The Labute approximate surface area is 99.9 Å². The van der Waals surface area contributed by atoms with Crippen molar-refractivity contribution in [1.82, 2.24) is 0 Å². The van der Waals surface area contributed by atoms with E-state index in [0.29, 0.717) is 5.82 Å². The van der Waals surface area contributed by atoms with Crippen LogP contribution in [0.3, 0.4) is 0 Å². The molecule has 1 heterocycles. The van der Waals surface area contributed by atoms with Crippen molar-refractivity contribution in [3.63, 3.8) is 0 Å². The maximum Gasteiger partial charge on any atom is 0.348 e. The summed E-state index contributed by atoms with van der Waals surface area (Å²) in [5.41, 5.74) is 0. The van der Waals surface area contributed by atoms with Crippen molar-refractivity contribution in [3.05, 3.63) is 11.9 Å². The lowest BCUT2D eigenvalue weighted by Gasteiger charge is -2.16. The largest absolute Gasteiger partial charge is 0.378 e. The fraction of sp³-hybridized carbons (Fsp3) is 0.714. The van der Waals surface area contributed by atoms with Crippen LogP contribution < -0.4 is 0 Å². The Kier molecular flexibility index (Phi) is 4.77. The Balaban J connectivity index is 2.58. The highest BCUT2D eigenvalue weighted by atomic mass is 31.2. The fourth-order valence-electron chi connectivity index (χ4n) is 1.39. The molecule has 1 rings (SSSR count). The predicted octanol–water partition coefficient (Wildman–Crippen LogP) is 0.162. The summed E-state index contributed by atoms with van der Waals surface area (Å²) in [5.74, 6) is 0.706. The third-order valence-electron chi connectivity index (χ3n) is 1.99. The molecule has 0 aromatic heterocycles. The number of hydrogen-bond acceptors (Lipinski definition) is 4. The van der Waals surface area contributed by atoms with Gasteiger partial charge in [-0.3, -0.25) is 9.13 Å². The molecule has 4 atom stereocenters. The fourth-order valence-corrected chi connectivity index (χ4v) is 2.52. The van der Waals surface area contributed by atoms with Gasteiger partial charge in [-0.05, 0) is 6.08 Å². The average Bonchev–Trinajstić information content (AvgIpc) is 2.40. The van der Waals surface area contributed by atoms with Crippen LogP contribution in [-0.4, -0.2) is 47.4 Å². The Morgan fingerprint density at radius 1 is 1.41 bits per heavy atom. The SMILES string of the molecule is [B][C@@H]1O[C@H](/C=C/P(=O)(O)O)C[C@H]1OP(C)(=O)O. The molecule has 1 aliphatic heterocycles.